The van der Waals surface area contributed by atoms with Crippen molar-refractivity contribution in [2.24, 2.45) is 5.41 Å². The van der Waals surface area contributed by atoms with Crippen LogP contribution in [0.2, 0.25) is 13.1 Å². The van der Waals surface area contributed by atoms with Crippen molar-refractivity contribution in [3.05, 3.63) is 0 Å². The molecule has 0 aliphatic carbocycles. The number of hydrogen-bond acceptors (Lipinski definition) is 4. The fraction of sp³-hybridized carbons (Fsp3) is 0.897. The summed E-state index contributed by atoms with van der Waals surface area (Å²) in [6.45, 7) is 9.85. The fourth-order valence-corrected chi connectivity index (χ4v) is 4.68. The number of unbranched alkanes of at least 4 members (excludes halogenated alkanes) is 7. The molecule has 0 fully saturated rings. The number of carbonyl (C=O) groups excluding carboxylic acids is 3. The van der Waals surface area contributed by atoms with Crippen LogP contribution in [0.15, 0.2) is 0 Å². The second-order valence-electron chi connectivity index (χ2n) is 10.7. The number of nitrogens with zero attached hydrogens (tertiary/aromatic N) is 1. The molecule has 0 saturated heterocycles. The van der Waals surface area contributed by atoms with Crippen LogP contribution in [0.25, 0.3) is 0 Å². The van der Waals surface area contributed by atoms with Gasteiger partial charge in [-0.25, -0.2) is 0 Å². The van der Waals surface area contributed by atoms with Crippen molar-refractivity contribution in [2.45, 2.75) is 136 Å². The molecule has 2 N–H and O–H groups in total. The third-order valence-corrected chi connectivity index (χ3v) is 7.42. The first kappa shape index (κ1) is 34.6. The maximum absolute atomic E-state index is 13.7. The van der Waals surface area contributed by atoms with Crippen LogP contribution in [0.5, 0.6) is 0 Å². The van der Waals surface area contributed by atoms with Crippen molar-refractivity contribution in [2.75, 3.05) is 27.2 Å². The van der Waals surface area contributed by atoms with Gasteiger partial charge in [0.25, 0.3) is 0 Å². The Hall–Kier alpha value is -1.37. The smallest absolute Gasteiger partial charge is 0.243 e. The van der Waals surface area contributed by atoms with Crippen LogP contribution in [-0.2, 0) is 14.4 Å². The van der Waals surface area contributed by atoms with Gasteiger partial charge in [-0.1, -0.05) is 91.7 Å². The number of ketones is 1. The summed E-state index contributed by atoms with van der Waals surface area (Å²) in [4.78, 5) is 41.5. The van der Waals surface area contributed by atoms with E-state index in [0.717, 1.165) is 83.5 Å². The highest BCUT2D eigenvalue weighted by atomic mass is 16.2. The van der Waals surface area contributed by atoms with Crippen LogP contribution in [0.4, 0.5) is 0 Å². The summed E-state index contributed by atoms with van der Waals surface area (Å²) in [5, 5.41) is 6.06. The number of rotatable bonds is 24. The molecule has 0 heterocycles. The van der Waals surface area contributed by atoms with Gasteiger partial charge in [-0.05, 0) is 39.3 Å². The maximum Gasteiger partial charge on any atom is 0.243 e. The highest BCUT2D eigenvalue weighted by Gasteiger charge is 2.37. The van der Waals surface area contributed by atoms with E-state index >= 15 is 0 Å². The lowest BCUT2D eigenvalue weighted by molar-refractivity contribution is -0.142. The molecule has 0 aliphatic heterocycles. The van der Waals surface area contributed by atoms with E-state index in [9.17, 15) is 14.4 Å². The topological polar surface area (TPSA) is 78.5 Å². The maximum atomic E-state index is 13.7. The number of hydrogen-bond donors (Lipinski definition) is 2. The molecule has 0 bridgehead atoms. The van der Waals surface area contributed by atoms with E-state index < -0.39 is 11.5 Å². The van der Waals surface area contributed by atoms with Crippen LogP contribution in [0.3, 0.4) is 0 Å². The molecule has 7 heteroatoms. The minimum atomic E-state index is -0.746. The van der Waals surface area contributed by atoms with Gasteiger partial charge in [0.1, 0.15) is 19.1 Å². The first-order valence-electron chi connectivity index (χ1n) is 14.8. The third-order valence-electron chi connectivity index (χ3n) is 7.42. The average molecular weight is 507 g/mol. The van der Waals surface area contributed by atoms with Gasteiger partial charge >= 0.3 is 0 Å². The van der Waals surface area contributed by atoms with Gasteiger partial charge in [-0.3, -0.25) is 14.4 Å². The van der Waals surface area contributed by atoms with Crippen LogP contribution in [0, 0.1) is 5.41 Å². The highest BCUT2D eigenvalue weighted by Crippen LogP contribution is 2.34. The van der Waals surface area contributed by atoms with E-state index in [1.165, 1.54) is 12.8 Å². The summed E-state index contributed by atoms with van der Waals surface area (Å²) < 4.78 is 0. The number of likely N-dealkylation sites (N-methyl/N-ethyl adjacent to an activating group) is 1. The predicted molar refractivity (Wildman–Crippen MR) is 154 cm³/mol. The van der Waals surface area contributed by atoms with Gasteiger partial charge in [-0.15, -0.1) is 0 Å². The number of nitrogens with one attached hydrogen (secondary N) is 2. The summed E-state index contributed by atoms with van der Waals surface area (Å²) in [6, 6.07) is -0.746. The molecule has 0 aromatic heterocycles. The first-order valence-corrected chi connectivity index (χ1v) is 14.8. The van der Waals surface area contributed by atoms with Crippen LogP contribution < -0.4 is 10.6 Å². The van der Waals surface area contributed by atoms with E-state index in [1.54, 1.807) is 11.9 Å². The molecule has 0 aliphatic rings. The molecule has 209 valence electrons. The Labute approximate surface area is 223 Å². The lowest BCUT2D eigenvalue weighted by Gasteiger charge is -2.33. The lowest BCUT2D eigenvalue weighted by atomic mass is 9.74. The SMILES string of the molecule is C[B]CCCCCC(=O)N(C)C(CC(=O)C(C)(CCCCC)CCCCCC)C(=O)NCCCNC. The highest BCUT2D eigenvalue weighted by molar-refractivity contribution is 6.33. The quantitative estimate of drug-likeness (QED) is 0.128. The molecule has 1 radical (unpaired) electrons. The van der Waals surface area contributed by atoms with E-state index in [2.05, 4.69) is 45.5 Å². The Kier molecular flexibility index (Phi) is 20.9. The summed E-state index contributed by atoms with van der Waals surface area (Å²) >= 11 is 0. The zero-order chi connectivity index (χ0) is 27.2. The van der Waals surface area contributed by atoms with Crippen molar-refractivity contribution in [3.8, 4) is 0 Å². The molecular weight excluding hydrogens is 449 g/mol. The van der Waals surface area contributed by atoms with Gasteiger partial charge in [0, 0.05) is 31.8 Å². The Bertz CT molecular complexity index is 602. The number of amides is 2. The van der Waals surface area contributed by atoms with E-state index in [4.69, 9.17) is 0 Å². The molecule has 2 atom stereocenters. The first-order chi connectivity index (χ1) is 17.3. The minimum Gasteiger partial charge on any atom is -0.354 e. The summed E-state index contributed by atoms with van der Waals surface area (Å²) in [5.74, 6) is -0.129. The Morgan fingerprint density at radius 2 is 1.47 bits per heavy atom. The van der Waals surface area contributed by atoms with E-state index in [-0.39, 0.29) is 24.0 Å². The average Bonchev–Trinajstić information content (AvgIpc) is 2.87. The Balaban J connectivity index is 5.44. The van der Waals surface area contributed by atoms with Crippen LogP contribution in [-0.4, -0.2) is 63.0 Å². The van der Waals surface area contributed by atoms with Gasteiger partial charge in [0.15, 0.2) is 0 Å². The molecule has 0 spiro atoms. The number of carbonyl (C=O) groups is 3. The van der Waals surface area contributed by atoms with Crippen molar-refractivity contribution < 1.29 is 14.4 Å². The predicted octanol–water partition coefficient (Wildman–Crippen LogP) is 5.79. The lowest BCUT2D eigenvalue weighted by Crippen LogP contribution is -2.50. The van der Waals surface area contributed by atoms with Gasteiger partial charge in [0.2, 0.25) is 11.8 Å². The zero-order valence-electron chi connectivity index (χ0n) is 24.6. The molecule has 36 heavy (non-hydrogen) atoms. The minimum absolute atomic E-state index is 0.0470. The largest absolute Gasteiger partial charge is 0.354 e. The fourth-order valence-electron chi connectivity index (χ4n) is 4.68. The normalized spacial score (nSPS) is 13.6. The Morgan fingerprint density at radius 3 is 2.08 bits per heavy atom. The summed E-state index contributed by atoms with van der Waals surface area (Å²) in [5.41, 5.74) is -0.436. The molecule has 0 rings (SSSR count). The third kappa shape index (κ3) is 15.0. The van der Waals surface area contributed by atoms with Gasteiger partial charge < -0.3 is 15.5 Å². The monoisotopic (exact) mass is 506 g/mol. The van der Waals surface area contributed by atoms with Gasteiger partial charge in [-0.2, -0.15) is 0 Å². The van der Waals surface area contributed by atoms with Crippen LogP contribution in [0.1, 0.15) is 117 Å². The van der Waals surface area contributed by atoms with E-state index in [1.807, 2.05) is 7.05 Å². The number of Topliss-reactive ketones (excluding diaryl/α,β-unsaturated/α-hetero) is 1. The molecular formula is C29H57BN3O3. The zero-order valence-corrected chi connectivity index (χ0v) is 24.6. The van der Waals surface area contributed by atoms with Crippen molar-refractivity contribution in [3.63, 3.8) is 0 Å². The Morgan fingerprint density at radius 1 is 0.861 bits per heavy atom. The molecule has 0 aromatic carbocycles. The molecule has 0 saturated carbocycles. The molecule has 2 amide bonds. The molecule has 2 unspecified atom stereocenters. The molecule has 0 aromatic rings. The van der Waals surface area contributed by atoms with E-state index in [0.29, 0.717) is 13.0 Å². The second-order valence-corrected chi connectivity index (χ2v) is 10.7. The molecule has 6 nitrogen and oxygen atoms in total. The standard InChI is InChI=1S/C29H57BN3O3/c1-7-9-11-15-20-29(3,19-14-10-8-2)26(34)24-25(28(36)32-23-17-22-31-5)33(6)27(35)18-13-12-16-21-30-4/h25,31H,7-24H2,1-6H3,(H,32,36). The second kappa shape index (κ2) is 21.7. The summed E-state index contributed by atoms with van der Waals surface area (Å²) in [7, 11) is 5.73. The van der Waals surface area contributed by atoms with Crippen molar-refractivity contribution >= 4 is 24.9 Å². The van der Waals surface area contributed by atoms with Crippen molar-refractivity contribution in [1.82, 2.24) is 15.5 Å². The van der Waals surface area contributed by atoms with Gasteiger partial charge in [0.05, 0.1) is 0 Å². The summed E-state index contributed by atoms with van der Waals surface area (Å²) in [6.07, 6.45) is 14.8. The van der Waals surface area contributed by atoms with Crippen LogP contribution >= 0.6 is 0 Å². The van der Waals surface area contributed by atoms with Crippen molar-refractivity contribution in [1.29, 1.82) is 0 Å².